The van der Waals surface area contributed by atoms with E-state index in [1.807, 2.05) is 36.3 Å². The molecule has 0 amide bonds. The average Bonchev–Trinajstić information content (AvgIpc) is 3.16. The summed E-state index contributed by atoms with van der Waals surface area (Å²) in [5, 5.41) is 3.74. The van der Waals surface area contributed by atoms with Gasteiger partial charge in [-0.25, -0.2) is 4.98 Å². The summed E-state index contributed by atoms with van der Waals surface area (Å²) < 4.78 is 13.4. The number of furan rings is 1. The second-order valence-corrected chi connectivity index (χ2v) is 6.20. The molecule has 1 aliphatic heterocycles. The molecule has 3 rings (SSSR count). The third-order valence-corrected chi connectivity index (χ3v) is 4.39. The Bertz CT molecular complexity index is 564. The van der Waals surface area contributed by atoms with E-state index < -0.39 is 0 Å². The van der Waals surface area contributed by atoms with Gasteiger partial charge in [-0.3, -0.25) is 0 Å². The molecule has 22 heavy (non-hydrogen) atoms. The van der Waals surface area contributed by atoms with Gasteiger partial charge in [0.05, 0.1) is 24.5 Å². The van der Waals surface area contributed by atoms with Crippen LogP contribution in [-0.2, 0) is 18.2 Å². The van der Waals surface area contributed by atoms with Gasteiger partial charge in [0.25, 0.3) is 0 Å². The van der Waals surface area contributed by atoms with Crippen molar-refractivity contribution < 1.29 is 9.15 Å². The van der Waals surface area contributed by atoms with Gasteiger partial charge in [-0.2, -0.15) is 0 Å². The first-order valence-electron chi connectivity index (χ1n) is 8.08. The molecule has 2 aromatic rings. The van der Waals surface area contributed by atoms with Crippen LogP contribution in [0.25, 0.3) is 0 Å². The van der Waals surface area contributed by atoms with Crippen molar-refractivity contribution in [1.29, 1.82) is 0 Å². The number of aryl methyl sites for hydroxylation is 2. The lowest BCUT2D eigenvalue weighted by molar-refractivity contribution is -0.00547. The first kappa shape index (κ1) is 15.3. The van der Waals surface area contributed by atoms with Crippen LogP contribution in [0.1, 0.15) is 43.7 Å². The smallest absolute Gasteiger partial charge is 0.103 e. The van der Waals surface area contributed by atoms with Gasteiger partial charge < -0.3 is 19.0 Å². The zero-order chi connectivity index (χ0) is 15.4. The zero-order valence-electron chi connectivity index (χ0n) is 13.4. The van der Waals surface area contributed by atoms with Gasteiger partial charge in [0, 0.05) is 32.2 Å². The van der Waals surface area contributed by atoms with Crippen LogP contribution < -0.4 is 5.32 Å². The third kappa shape index (κ3) is 3.78. The molecule has 3 heterocycles. The van der Waals surface area contributed by atoms with Crippen LogP contribution in [0.2, 0.25) is 0 Å². The lowest BCUT2D eigenvalue weighted by atomic mass is 9.99. The number of ether oxygens (including phenoxy) is 1. The maximum Gasteiger partial charge on any atom is 0.103 e. The monoisotopic (exact) mass is 303 g/mol. The molecule has 3 atom stereocenters. The summed E-state index contributed by atoms with van der Waals surface area (Å²) in [5.74, 6) is 1.06. The van der Waals surface area contributed by atoms with Gasteiger partial charge in [-0.1, -0.05) is 0 Å². The van der Waals surface area contributed by atoms with E-state index in [0.29, 0.717) is 12.1 Å². The van der Waals surface area contributed by atoms with Gasteiger partial charge >= 0.3 is 0 Å². The molecule has 2 aromatic heterocycles. The van der Waals surface area contributed by atoms with Crippen molar-refractivity contribution in [3.05, 3.63) is 42.4 Å². The first-order valence-corrected chi connectivity index (χ1v) is 8.08. The zero-order valence-corrected chi connectivity index (χ0v) is 13.4. The Hall–Kier alpha value is -1.59. The van der Waals surface area contributed by atoms with Crippen molar-refractivity contribution in [2.45, 2.75) is 50.8 Å². The Morgan fingerprint density at radius 1 is 1.50 bits per heavy atom. The molecular formula is C17H25N3O2. The van der Waals surface area contributed by atoms with Gasteiger partial charge in [-0.15, -0.1) is 0 Å². The first-order chi connectivity index (χ1) is 10.7. The van der Waals surface area contributed by atoms with Gasteiger partial charge in [-0.05, 0) is 38.3 Å². The molecular weight excluding hydrogens is 278 g/mol. The molecule has 0 saturated carbocycles. The third-order valence-electron chi connectivity index (χ3n) is 4.39. The highest BCUT2D eigenvalue weighted by atomic mass is 16.5. The minimum Gasteiger partial charge on any atom is -0.469 e. The Balaban J connectivity index is 1.48. The summed E-state index contributed by atoms with van der Waals surface area (Å²) >= 11 is 0. The van der Waals surface area contributed by atoms with Crippen molar-refractivity contribution in [1.82, 2.24) is 14.9 Å². The van der Waals surface area contributed by atoms with Gasteiger partial charge in [0.15, 0.2) is 0 Å². The number of nitrogens with one attached hydrogen (secondary N) is 1. The number of hydrogen-bond donors (Lipinski definition) is 1. The number of hydrogen-bond acceptors (Lipinski definition) is 4. The fourth-order valence-corrected chi connectivity index (χ4v) is 3.13. The van der Waals surface area contributed by atoms with Crippen LogP contribution in [-0.4, -0.2) is 28.2 Å². The topological polar surface area (TPSA) is 52.2 Å². The van der Waals surface area contributed by atoms with Crippen LogP contribution in [0.4, 0.5) is 0 Å². The second-order valence-electron chi connectivity index (χ2n) is 6.20. The van der Waals surface area contributed by atoms with Crippen molar-refractivity contribution in [2.75, 3.05) is 6.61 Å². The number of rotatable bonds is 6. The Labute approximate surface area is 131 Å². The SMILES string of the molecule is C[C@H](CCc1ccco1)N[C@H]1CCO[C@H](c2cncn2C)C1. The molecule has 1 saturated heterocycles. The number of nitrogens with zero attached hydrogens (tertiary/aromatic N) is 2. The van der Waals surface area contributed by atoms with Crippen LogP contribution >= 0.6 is 0 Å². The molecule has 0 unspecified atom stereocenters. The van der Waals surface area contributed by atoms with E-state index in [9.17, 15) is 0 Å². The molecule has 1 N–H and O–H groups in total. The molecule has 0 spiro atoms. The minimum atomic E-state index is 0.149. The highest BCUT2D eigenvalue weighted by Crippen LogP contribution is 2.27. The van der Waals surface area contributed by atoms with E-state index in [1.54, 1.807) is 6.26 Å². The highest BCUT2D eigenvalue weighted by Gasteiger charge is 2.26. The lowest BCUT2D eigenvalue weighted by Gasteiger charge is -2.32. The van der Waals surface area contributed by atoms with Crippen molar-refractivity contribution in [3.63, 3.8) is 0 Å². The van der Waals surface area contributed by atoms with Crippen molar-refractivity contribution in [2.24, 2.45) is 7.05 Å². The number of aromatic nitrogens is 2. The van der Waals surface area contributed by atoms with E-state index in [4.69, 9.17) is 9.15 Å². The fraction of sp³-hybridized carbons (Fsp3) is 0.588. The second kappa shape index (κ2) is 7.11. The molecule has 1 aliphatic rings. The van der Waals surface area contributed by atoms with E-state index in [1.165, 1.54) is 0 Å². The summed E-state index contributed by atoms with van der Waals surface area (Å²) in [6.07, 6.45) is 9.77. The van der Waals surface area contributed by atoms with E-state index in [0.717, 1.165) is 43.7 Å². The summed E-state index contributed by atoms with van der Waals surface area (Å²) in [5.41, 5.74) is 1.16. The molecule has 0 aromatic carbocycles. The Kier molecular flexibility index (Phi) is 4.95. The largest absolute Gasteiger partial charge is 0.469 e. The van der Waals surface area contributed by atoms with E-state index >= 15 is 0 Å². The fourth-order valence-electron chi connectivity index (χ4n) is 3.13. The predicted octanol–water partition coefficient (Wildman–Crippen LogP) is 2.84. The standard InChI is InChI=1S/C17H25N3O2/c1-13(5-6-15-4-3-8-21-15)19-14-7-9-22-17(10-14)16-11-18-12-20(16)2/h3-4,8,11-14,17,19H,5-7,9-10H2,1-2H3/t13-,14+,17+/m1/s1. The lowest BCUT2D eigenvalue weighted by Crippen LogP contribution is -2.41. The molecule has 5 heteroatoms. The molecule has 0 radical (unpaired) electrons. The summed E-state index contributed by atoms with van der Waals surface area (Å²) in [4.78, 5) is 4.19. The minimum absolute atomic E-state index is 0.149. The van der Waals surface area contributed by atoms with Crippen LogP contribution in [0.5, 0.6) is 0 Å². The maximum atomic E-state index is 5.92. The van der Waals surface area contributed by atoms with Gasteiger partial charge in [0.2, 0.25) is 0 Å². The summed E-state index contributed by atoms with van der Waals surface area (Å²) in [7, 11) is 2.02. The maximum absolute atomic E-state index is 5.92. The highest BCUT2D eigenvalue weighted by molar-refractivity contribution is 5.04. The molecule has 120 valence electrons. The van der Waals surface area contributed by atoms with Crippen LogP contribution in [0.3, 0.4) is 0 Å². The van der Waals surface area contributed by atoms with E-state index in [-0.39, 0.29) is 6.10 Å². The molecule has 0 bridgehead atoms. The van der Waals surface area contributed by atoms with Crippen LogP contribution in [0.15, 0.2) is 35.3 Å². The Morgan fingerprint density at radius 3 is 3.14 bits per heavy atom. The molecule has 5 nitrogen and oxygen atoms in total. The summed E-state index contributed by atoms with van der Waals surface area (Å²) in [6, 6.07) is 4.96. The van der Waals surface area contributed by atoms with Crippen LogP contribution in [0, 0.1) is 0 Å². The normalized spacial score (nSPS) is 23.5. The quantitative estimate of drug-likeness (QED) is 0.891. The Morgan fingerprint density at radius 2 is 2.41 bits per heavy atom. The van der Waals surface area contributed by atoms with E-state index in [2.05, 4.69) is 17.2 Å². The molecule has 1 fully saturated rings. The predicted molar refractivity (Wildman–Crippen MR) is 84.5 cm³/mol. The van der Waals surface area contributed by atoms with Crippen molar-refractivity contribution in [3.8, 4) is 0 Å². The van der Waals surface area contributed by atoms with Crippen molar-refractivity contribution >= 4 is 0 Å². The number of imidazole rings is 1. The average molecular weight is 303 g/mol. The molecule has 0 aliphatic carbocycles. The van der Waals surface area contributed by atoms with Gasteiger partial charge in [0.1, 0.15) is 11.9 Å². The summed E-state index contributed by atoms with van der Waals surface area (Å²) in [6.45, 7) is 3.05.